The molecule has 142 valence electrons. The summed E-state index contributed by atoms with van der Waals surface area (Å²) in [5, 5.41) is 10.7. The normalized spacial score (nSPS) is 11.0. The lowest BCUT2D eigenvalue weighted by Crippen LogP contribution is -2.03. The second-order valence-corrected chi connectivity index (χ2v) is 6.14. The quantitative estimate of drug-likeness (QED) is 0.549. The fourth-order valence-corrected chi connectivity index (χ4v) is 2.96. The van der Waals surface area contributed by atoms with E-state index in [0.29, 0.717) is 28.5 Å². The number of hydrogen-bond donors (Lipinski definition) is 1. The van der Waals surface area contributed by atoms with Crippen molar-refractivity contribution >= 4 is 21.8 Å². The second-order valence-electron chi connectivity index (χ2n) is 6.14. The summed E-state index contributed by atoms with van der Waals surface area (Å²) in [6.45, 7) is 1.99. The number of hydrogen-bond acceptors (Lipinski definition) is 7. The van der Waals surface area contributed by atoms with Gasteiger partial charge in [0.2, 0.25) is 0 Å². The van der Waals surface area contributed by atoms with Crippen molar-refractivity contribution in [2.45, 2.75) is 6.92 Å². The van der Waals surface area contributed by atoms with Crippen LogP contribution in [0, 0.1) is 6.92 Å². The average Bonchev–Trinajstić information content (AvgIpc) is 2.72. The van der Waals surface area contributed by atoms with Crippen molar-refractivity contribution in [3.63, 3.8) is 0 Å². The van der Waals surface area contributed by atoms with Gasteiger partial charge in [0.15, 0.2) is 11.5 Å². The fraction of sp³-hybridized carbons (Fsp3) is 0.190. The van der Waals surface area contributed by atoms with Gasteiger partial charge in [-0.05, 0) is 31.2 Å². The first kappa shape index (κ1) is 17.9. The van der Waals surface area contributed by atoms with Gasteiger partial charge in [-0.15, -0.1) is 0 Å². The summed E-state index contributed by atoms with van der Waals surface area (Å²) >= 11 is 0. The van der Waals surface area contributed by atoms with E-state index in [1.165, 1.54) is 0 Å². The summed E-state index contributed by atoms with van der Waals surface area (Å²) in [5.41, 5.74) is 2.34. The zero-order chi connectivity index (χ0) is 19.5. The number of aliphatic hydroxyl groups is 1. The van der Waals surface area contributed by atoms with Crippen LogP contribution >= 0.6 is 0 Å². The maximum absolute atomic E-state index is 9.00. The lowest BCUT2D eigenvalue weighted by atomic mass is 10.1. The standard InChI is InChI=1S/C21H19N3O4/c1-13-19(9-14-12-22-5-3-16(14)24-13)28-18-4-6-23-17-11-21(27-8-7-25)20(26-2)10-15(17)18/h3-6,9-12,25H,7-8H2,1-2H3. The van der Waals surface area contributed by atoms with Crippen LogP contribution in [0.4, 0.5) is 0 Å². The Bertz CT molecular complexity index is 1150. The number of nitrogens with zero attached hydrogens (tertiary/aromatic N) is 3. The number of aromatic nitrogens is 3. The molecule has 0 saturated heterocycles. The summed E-state index contributed by atoms with van der Waals surface area (Å²) < 4.78 is 17.1. The van der Waals surface area contributed by atoms with Gasteiger partial charge in [0.1, 0.15) is 18.1 Å². The van der Waals surface area contributed by atoms with Crippen LogP contribution in [0.5, 0.6) is 23.0 Å². The highest BCUT2D eigenvalue weighted by atomic mass is 16.5. The molecule has 0 amide bonds. The molecule has 0 unspecified atom stereocenters. The Kier molecular flexibility index (Phi) is 4.90. The molecule has 0 aliphatic carbocycles. The number of pyridine rings is 3. The predicted octanol–water partition coefficient (Wildman–Crippen LogP) is 3.66. The highest BCUT2D eigenvalue weighted by Gasteiger charge is 2.13. The minimum atomic E-state index is -0.0825. The van der Waals surface area contributed by atoms with E-state index in [9.17, 15) is 0 Å². The molecule has 0 aliphatic heterocycles. The SMILES string of the molecule is COc1cc2c(Oc3cc4cnccc4nc3C)ccnc2cc1OCCO. The Morgan fingerprint density at radius 2 is 1.86 bits per heavy atom. The van der Waals surface area contributed by atoms with Gasteiger partial charge in [0.25, 0.3) is 0 Å². The van der Waals surface area contributed by atoms with Crippen molar-refractivity contribution in [1.82, 2.24) is 15.0 Å². The predicted molar refractivity (Wildman–Crippen MR) is 105 cm³/mol. The molecule has 0 spiro atoms. The molecule has 7 heteroatoms. The largest absolute Gasteiger partial charge is 0.493 e. The third kappa shape index (κ3) is 3.39. The third-order valence-electron chi connectivity index (χ3n) is 4.31. The maximum Gasteiger partial charge on any atom is 0.163 e. The molecular formula is C21H19N3O4. The van der Waals surface area contributed by atoms with Gasteiger partial charge < -0.3 is 19.3 Å². The Labute approximate surface area is 161 Å². The van der Waals surface area contributed by atoms with Crippen LogP contribution in [0.2, 0.25) is 0 Å². The number of methoxy groups -OCH3 is 1. The van der Waals surface area contributed by atoms with Gasteiger partial charge in [0, 0.05) is 35.4 Å². The minimum Gasteiger partial charge on any atom is -0.493 e. The summed E-state index contributed by atoms with van der Waals surface area (Å²) in [4.78, 5) is 13.1. The molecule has 28 heavy (non-hydrogen) atoms. The Balaban J connectivity index is 1.77. The number of aliphatic hydroxyl groups excluding tert-OH is 1. The summed E-state index contributed by atoms with van der Waals surface area (Å²) in [7, 11) is 1.56. The van der Waals surface area contributed by atoms with Crippen molar-refractivity contribution in [2.75, 3.05) is 20.3 Å². The summed E-state index contributed by atoms with van der Waals surface area (Å²) in [6, 6.07) is 9.17. The number of rotatable bonds is 6. The monoisotopic (exact) mass is 377 g/mol. The smallest absolute Gasteiger partial charge is 0.163 e. The van der Waals surface area contributed by atoms with E-state index in [-0.39, 0.29) is 13.2 Å². The van der Waals surface area contributed by atoms with E-state index in [2.05, 4.69) is 15.0 Å². The number of fused-ring (bicyclic) bond motifs is 2. The van der Waals surface area contributed by atoms with E-state index in [0.717, 1.165) is 22.0 Å². The fourth-order valence-electron chi connectivity index (χ4n) is 2.96. The molecule has 3 heterocycles. The molecule has 3 aromatic heterocycles. The van der Waals surface area contributed by atoms with Crippen LogP contribution in [0.3, 0.4) is 0 Å². The van der Waals surface area contributed by atoms with Gasteiger partial charge in [0.05, 0.1) is 30.4 Å². The molecule has 0 fully saturated rings. The molecule has 4 aromatic rings. The molecule has 0 radical (unpaired) electrons. The van der Waals surface area contributed by atoms with Gasteiger partial charge in [-0.2, -0.15) is 0 Å². The molecule has 1 N–H and O–H groups in total. The van der Waals surface area contributed by atoms with Crippen LogP contribution in [-0.2, 0) is 0 Å². The first-order valence-electron chi connectivity index (χ1n) is 8.79. The van der Waals surface area contributed by atoms with E-state index in [1.54, 1.807) is 37.8 Å². The van der Waals surface area contributed by atoms with Gasteiger partial charge in [-0.1, -0.05) is 0 Å². The molecule has 7 nitrogen and oxygen atoms in total. The topological polar surface area (TPSA) is 86.6 Å². The van der Waals surface area contributed by atoms with Crippen LogP contribution in [-0.4, -0.2) is 40.4 Å². The summed E-state index contributed by atoms with van der Waals surface area (Å²) in [6.07, 6.45) is 5.15. The second kappa shape index (κ2) is 7.66. The first-order chi connectivity index (χ1) is 13.7. The molecule has 4 rings (SSSR count). The molecule has 0 atom stereocenters. The number of ether oxygens (including phenoxy) is 3. The highest BCUT2D eigenvalue weighted by molar-refractivity contribution is 5.88. The van der Waals surface area contributed by atoms with Crippen molar-refractivity contribution in [3.8, 4) is 23.0 Å². The minimum absolute atomic E-state index is 0.0825. The first-order valence-corrected chi connectivity index (χ1v) is 8.79. The Hall–Kier alpha value is -3.45. The van der Waals surface area contributed by atoms with Crippen LogP contribution < -0.4 is 14.2 Å². The van der Waals surface area contributed by atoms with Crippen molar-refractivity contribution in [3.05, 3.63) is 54.6 Å². The van der Waals surface area contributed by atoms with Crippen LogP contribution in [0.15, 0.2) is 48.9 Å². The highest BCUT2D eigenvalue weighted by Crippen LogP contribution is 2.37. The molecule has 0 aliphatic rings. The van der Waals surface area contributed by atoms with Gasteiger partial charge >= 0.3 is 0 Å². The number of aryl methyl sites for hydroxylation is 1. The summed E-state index contributed by atoms with van der Waals surface area (Å²) in [5.74, 6) is 2.33. The van der Waals surface area contributed by atoms with E-state index < -0.39 is 0 Å². The number of benzene rings is 1. The van der Waals surface area contributed by atoms with E-state index in [1.807, 2.05) is 25.1 Å². The molecular weight excluding hydrogens is 358 g/mol. The van der Waals surface area contributed by atoms with Crippen molar-refractivity contribution in [1.29, 1.82) is 0 Å². The van der Waals surface area contributed by atoms with Gasteiger partial charge in [-0.25, -0.2) is 4.98 Å². The Morgan fingerprint density at radius 3 is 2.68 bits per heavy atom. The molecule has 1 aromatic carbocycles. The van der Waals surface area contributed by atoms with E-state index >= 15 is 0 Å². The Morgan fingerprint density at radius 1 is 0.964 bits per heavy atom. The molecule has 0 bridgehead atoms. The molecule has 0 saturated carbocycles. The lowest BCUT2D eigenvalue weighted by Gasteiger charge is -2.14. The maximum atomic E-state index is 9.00. The van der Waals surface area contributed by atoms with Crippen LogP contribution in [0.1, 0.15) is 5.69 Å². The zero-order valence-electron chi connectivity index (χ0n) is 15.5. The zero-order valence-corrected chi connectivity index (χ0v) is 15.5. The van der Waals surface area contributed by atoms with Gasteiger partial charge in [-0.3, -0.25) is 9.97 Å². The van der Waals surface area contributed by atoms with E-state index in [4.69, 9.17) is 19.3 Å². The average molecular weight is 377 g/mol. The van der Waals surface area contributed by atoms with Crippen molar-refractivity contribution in [2.24, 2.45) is 0 Å². The lowest BCUT2D eigenvalue weighted by molar-refractivity contribution is 0.196. The van der Waals surface area contributed by atoms with Crippen molar-refractivity contribution < 1.29 is 19.3 Å². The van der Waals surface area contributed by atoms with Crippen LogP contribution in [0.25, 0.3) is 21.8 Å². The third-order valence-corrected chi connectivity index (χ3v) is 4.31.